The van der Waals surface area contributed by atoms with Gasteiger partial charge in [-0.05, 0) is 36.4 Å². The second kappa shape index (κ2) is 7.33. The predicted molar refractivity (Wildman–Crippen MR) is 96.3 cm³/mol. The fraction of sp³-hybridized carbons (Fsp3) is 0.0500. The van der Waals surface area contributed by atoms with Gasteiger partial charge in [-0.3, -0.25) is 4.79 Å². The molecule has 0 atom stereocenters. The van der Waals surface area contributed by atoms with E-state index in [1.54, 1.807) is 24.3 Å². The lowest BCUT2D eigenvalue weighted by atomic mass is 10.2. The van der Waals surface area contributed by atoms with E-state index >= 15 is 0 Å². The van der Waals surface area contributed by atoms with Crippen molar-refractivity contribution in [2.45, 2.75) is 6.54 Å². The maximum atomic E-state index is 12.2. The summed E-state index contributed by atoms with van der Waals surface area (Å²) in [7, 11) is 0. The Labute approximate surface area is 140 Å². The van der Waals surface area contributed by atoms with Gasteiger partial charge in [0.05, 0.1) is 0 Å². The van der Waals surface area contributed by atoms with Crippen molar-refractivity contribution in [3.8, 4) is 5.75 Å². The number of phenols is 1. The third-order valence-corrected chi connectivity index (χ3v) is 3.63. The van der Waals surface area contributed by atoms with E-state index in [9.17, 15) is 9.90 Å². The first-order valence-electron chi connectivity index (χ1n) is 7.69. The van der Waals surface area contributed by atoms with Crippen LogP contribution >= 0.6 is 0 Å². The molecule has 0 saturated heterocycles. The van der Waals surface area contributed by atoms with Crippen LogP contribution in [0.4, 0.5) is 11.4 Å². The van der Waals surface area contributed by atoms with E-state index in [1.807, 2.05) is 54.6 Å². The lowest BCUT2D eigenvalue weighted by molar-refractivity contribution is 0.102. The average Bonchev–Trinajstić information content (AvgIpc) is 2.62. The molecule has 4 nitrogen and oxygen atoms in total. The lowest BCUT2D eigenvalue weighted by Crippen LogP contribution is -2.11. The van der Waals surface area contributed by atoms with Gasteiger partial charge in [0.25, 0.3) is 5.91 Å². The number of nitrogens with one attached hydrogen (secondary N) is 2. The molecule has 3 aromatic rings. The van der Waals surface area contributed by atoms with Gasteiger partial charge in [-0.2, -0.15) is 0 Å². The van der Waals surface area contributed by atoms with E-state index in [-0.39, 0.29) is 11.7 Å². The molecule has 0 saturated carbocycles. The van der Waals surface area contributed by atoms with Crippen LogP contribution in [-0.4, -0.2) is 11.0 Å². The number of para-hydroxylation sites is 1. The van der Waals surface area contributed by atoms with Crippen molar-refractivity contribution in [2.75, 3.05) is 10.6 Å². The van der Waals surface area contributed by atoms with Crippen LogP contribution in [0, 0.1) is 0 Å². The van der Waals surface area contributed by atoms with Crippen LogP contribution in [0.2, 0.25) is 0 Å². The van der Waals surface area contributed by atoms with Crippen molar-refractivity contribution in [2.24, 2.45) is 0 Å². The van der Waals surface area contributed by atoms with Gasteiger partial charge < -0.3 is 15.7 Å². The highest BCUT2D eigenvalue weighted by atomic mass is 16.3. The van der Waals surface area contributed by atoms with Crippen LogP contribution in [0.5, 0.6) is 5.75 Å². The standard InChI is InChI=1S/C20H18N2O2/c23-19-12-5-4-9-16(19)14-21-17-10-6-11-18(13-17)22-20(24)15-7-2-1-3-8-15/h1-13,21,23H,14H2,(H,22,24). The van der Waals surface area contributed by atoms with Gasteiger partial charge in [-0.1, -0.05) is 42.5 Å². The normalized spacial score (nSPS) is 10.2. The minimum Gasteiger partial charge on any atom is -0.508 e. The topological polar surface area (TPSA) is 61.4 Å². The fourth-order valence-electron chi connectivity index (χ4n) is 2.36. The molecule has 1 amide bonds. The fourth-order valence-corrected chi connectivity index (χ4v) is 2.36. The number of aromatic hydroxyl groups is 1. The van der Waals surface area contributed by atoms with Crippen molar-refractivity contribution < 1.29 is 9.90 Å². The molecule has 0 fully saturated rings. The van der Waals surface area contributed by atoms with Crippen molar-refractivity contribution in [1.29, 1.82) is 0 Å². The van der Waals surface area contributed by atoms with Gasteiger partial charge in [-0.15, -0.1) is 0 Å². The number of phenolic OH excluding ortho intramolecular Hbond substituents is 1. The molecule has 0 spiro atoms. The molecule has 0 aliphatic rings. The first kappa shape index (κ1) is 15.6. The third-order valence-electron chi connectivity index (χ3n) is 3.63. The van der Waals surface area contributed by atoms with Crippen LogP contribution in [0.25, 0.3) is 0 Å². The Balaban J connectivity index is 1.66. The van der Waals surface area contributed by atoms with Gasteiger partial charge in [0.2, 0.25) is 0 Å². The molecular formula is C20H18N2O2. The van der Waals surface area contributed by atoms with Gasteiger partial charge in [0.1, 0.15) is 5.75 Å². The molecule has 0 aromatic heterocycles. The van der Waals surface area contributed by atoms with Crippen molar-refractivity contribution in [3.63, 3.8) is 0 Å². The summed E-state index contributed by atoms with van der Waals surface area (Å²) >= 11 is 0. The third kappa shape index (κ3) is 3.93. The zero-order valence-corrected chi connectivity index (χ0v) is 13.1. The van der Waals surface area contributed by atoms with Gasteiger partial charge in [-0.25, -0.2) is 0 Å². The lowest BCUT2D eigenvalue weighted by Gasteiger charge is -2.10. The van der Waals surface area contributed by atoms with E-state index < -0.39 is 0 Å². The highest BCUT2D eigenvalue weighted by Crippen LogP contribution is 2.20. The zero-order valence-electron chi connectivity index (χ0n) is 13.1. The quantitative estimate of drug-likeness (QED) is 0.659. The van der Waals surface area contributed by atoms with Crippen LogP contribution in [-0.2, 0) is 6.54 Å². The maximum absolute atomic E-state index is 12.2. The summed E-state index contributed by atoms with van der Waals surface area (Å²) in [6.45, 7) is 0.503. The summed E-state index contributed by atoms with van der Waals surface area (Å²) in [5.74, 6) is 0.118. The molecule has 0 unspecified atom stereocenters. The van der Waals surface area contributed by atoms with Crippen LogP contribution < -0.4 is 10.6 Å². The molecule has 0 heterocycles. The Bertz CT molecular complexity index is 832. The first-order chi connectivity index (χ1) is 11.7. The number of carbonyl (C=O) groups is 1. The molecule has 0 aliphatic heterocycles. The Hall–Kier alpha value is -3.27. The Morgan fingerprint density at radius 2 is 1.54 bits per heavy atom. The zero-order chi connectivity index (χ0) is 16.8. The predicted octanol–water partition coefficient (Wildman–Crippen LogP) is 4.26. The second-order valence-corrected chi connectivity index (χ2v) is 5.38. The summed E-state index contributed by atoms with van der Waals surface area (Å²) in [4.78, 5) is 12.2. The summed E-state index contributed by atoms with van der Waals surface area (Å²) in [6, 6.07) is 23.8. The monoisotopic (exact) mass is 318 g/mol. The molecule has 24 heavy (non-hydrogen) atoms. The highest BCUT2D eigenvalue weighted by molar-refractivity contribution is 6.04. The number of hydrogen-bond donors (Lipinski definition) is 3. The van der Waals surface area contributed by atoms with Gasteiger partial charge in [0.15, 0.2) is 0 Å². The molecule has 0 aliphatic carbocycles. The summed E-state index contributed by atoms with van der Waals surface area (Å²) in [5, 5.41) is 15.9. The second-order valence-electron chi connectivity index (χ2n) is 5.38. The molecule has 4 heteroatoms. The maximum Gasteiger partial charge on any atom is 0.255 e. The van der Waals surface area contributed by atoms with Gasteiger partial charge in [0, 0.05) is 29.0 Å². The number of rotatable bonds is 5. The SMILES string of the molecule is O=C(Nc1cccc(NCc2ccccc2O)c1)c1ccccc1. The van der Waals surface area contributed by atoms with E-state index in [4.69, 9.17) is 0 Å². The van der Waals surface area contributed by atoms with Crippen molar-refractivity contribution in [3.05, 3.63) is 90.0 Å². The van der Waals surface area contributed by atoms with E-state index in [0.717, 1.165) is 11.3 Å². The van der Waals surface area contributed by atoms with E-state index in [1.165, 1.54) is 0 Å². The molecule has 120 valence electrons. The van der Waals surface area contributed by atoms with Crippen LogP contribution in [0.3, 0.4) is 0 Å². The number of hydrogen-bond acceptors (Lipinski definition) is 3. The number of carbonyl (C=O) groups excluding carboxylic acids is 1. The molecule has 3 rings (SSSR count). The molecule has 3 aromatic carbocycles. The van der Waals surface area contributed by atoms with Crippen molar-refractivity contribution in [1.82, 2.24) is 0 Å². The minimum absolute atomic E-state index is 0.145. The average molecular weight is 318 g/mol. The Kier molecular flexibility index (Phi) is 4.77. The smallest absolute Gasteiger partial charge is 0.255 e. The number of amides is 1. The Morgan fingerprint density at radius 3 is 2.33 bits per heavy atom. The molecule has 3 N–H and O–H groups in total. The van der Waals surface area contributed by atoms with Gasteiger partial charge >= 0.3 is 0 Å². The largest absolute Gasteiger partial charge is 0.508 e. The van der Waals surface area contributed by atoms with Crippen molar-refractivity contribution >= 4 is 17.3 Å². The van der Waals surface area contributed by atoms with Crippen LogP contribution in [0.15, 0.2) is 78.9 Å². The summed E-state index contributed by atoms with van der Waals surface area (Å²) in [6.07, 6.45) is 0. The number of anilines is 2. The summed E-state index contributed by atoms with van der Waals surface area (Å²) in [5.41, 5.74) is 3.01. The highest BCUT2D eigenvalue weighted by Gasteiger charge is 2.06. The summed E-state index contributed by atoms with van der Waals surface area (Å²) < 4.78 is 0. The molecule has 0 bridgehead atoms. The van der Waals surface area contributed by atoms with E-state index in [0.29, 0.717) is 17.8 Å². The Morgan fingerprint density at radius 1 is 0.833 bits per heavy atom. The van der Waals surface area contributed by atoms with E-state index in [2.05, 4.69) is 10.6 Å². The molecular weight excluding hydrogens is 300 g/mol. The first-order valence-corrected chi connectivity index (χ1v) is 7.69. The van der Waals surface area contributed by atoms with Crippen LogP contribution in [0.1, 0.15) is 15.9 Å². The number of benzene rings is 3. The minimum atomic E-state index is -0.145. The molecule has 0 radical (unpaired) electrons.